The molecule has 0 amide bonds. The predicted octanol–water partition coefficient (Wildman–Crippen LogP) is 2.02. The van der Waals surface area contributed by atoms with E-state index in [1.807, 2.05) is 0 Å². The smallest absolute Gasteiger partial charge is 0.322 e. The second kappa shape index (κ2) is 8.56. The zero-order valence-electron chi connectivity index (χ0n) is 17.0. The first-order chi connectivity index (χ1) is 14.6. The van der Waals surface area contributed by atoms with Crippen LogP contribution in [0.2, 0.25) is 0 Å². The van der Waals surface area contributed by atoms with E-state index in [9.17, 15) is 27.2 Å². The van der Waals surface area contributed by atoms with Crippen LogP contribution in [0.25, 0.3) is 0 Å². The van der Waals surface area contributed by atoms with Crippen molar-refractivity contribution in [2.75, 3.05) is 20.8 Å². The topological polar surface area (TPSA) is 107 Å². The van der Waals surface area contributed by atoms with E-state index >= 15 is 0 Å². The molecule has 1 atom stereocenters. The minimum Gasteiger partial charge on any atom is -0.468 e. The van der Waals surface area contributed by atoms with Crippen LogP contribution >= 0.6 is 0 Å². The van der Waals surface area contributed by atoms with E-state index < -0.39 is 52.1 Å². The number of halogens is 1. The molecule has 1 aliphatic heterocycles. The average Bonchev–Trinajstić information content (AvgIpc) is 2.75. The lowest BCUT2D eigenvalue weighted by Crippen LogP contribution is -2.49. The molecule has 3 rings (SSSR count). The minimum atomic E-state index is -4.34. The van der Waals surface area contributed by atoms with Crippen molar-refractivity contribution in [1.82, 2.24) is 4.31 Å². The highest BCUT2D eigenvalue weighted by Crippen LogP contribution is 2.40. The molecule has 1 aliphatic rings. The van der Waals surface area contributed by atoms with Crippen molar-refractivity contribution in [3.05, 3.63) is 65.0 Å². The molecule has 0 N–H and O–H groups in total. The number of ether oxygens (including phenoxy) is 2. The Kier molecular flexibility index (Phi) is 6.23. The van der Waals surface area contributed by atoms with E-state index in [-0.39, 0.29) is 16.0 Å². The van der Waals surface area contributed by atoms with Crippen LogP contribution < -0.4 is 0 Å². The van der Waals surface area contributed by atoms with Crippen LogP contribution in [0.5, 0.6) is 0 Å². The molecule has 0 bridgehead atoms. The van der Waals surface area contributed by atoms with E-state index in [1.54, 1.807) is 19.1 Å². The average molecular weight is 449 g/mol. The first kappa shape index (κ1) is 22.6. The number of esters is 2. The first-order valence-corrected chi connectivity index (χ1v) is 10.6. The summed E-state index contributed by atoms with van der Waals surface area (Å²) < 4.78 is 50.9. The number of methoxy groups -OCH3 is 2. The van der Waals surface area contributed by atoms with Crippen LogP contribution in [-0.2, 0) is 29.1 Å². The van der Waals surface area contributed by atoms with Crippen molar-refractivity contribution in [2.24, 2.45) is 5.92 Å². The van der Waals surface area contributed by atoms with E-state index in [0.29, 0.717) is 0 Å². The SMILES string of the molecule is COC(=O)C(C(=O)OC)C1c2ccc(F)cc2C(=O)CN1S(=O)(=O)c1ccc(C)cc1. The maximum absolute atomic E-state index is 13.8. The summed E-state index contributed by atoms with van der Waals surface area (Å²) in [5.41, 5.74) is 0.709. The van der Waals surface area contributed by atoms with Gasteiger partial charge >= 0.3 is 11.9 Å². The second-order valence-electron chi connectivity index (χ2n) is 6.99. The molecule has 0 fully saturated rings. The number of hydrogen-bond acceptors (Lipinski definition) is 7. The Hall–Kier alpha value is -3.11. The molecule has 0 saturated heterocycles. The molecule has 10 heteroatoms. The fourth-order valence-electron chi connectivity index (χ4n) is 3.54. The van der Waals surface area contributed by atoms with Crippen molar-refractivity contribution in [3.8, 4) is 0 Å². The third-order valence-corrected chi connectivity index (χ3v) is 6.94. The molecular formula is C21H20FNO7S. The van der Waals surface area contributed by atoms with Crippen molar-refractivity contribution in [2.45, 2.75) is 17.9 Å². The summed E-state index contributed by atoms with van der Waals surface area (Å²) in [5.74, 6) is -5.22. The van der Waals surface area contributed by atoms with Gasteiger partial charge in [0.15, 0.2) is 11.7 Å². The number of aryl methyl sites for hydroxylation is 1. The van der Waals surface area contributed by atoms with Gasteiger partial charge in [-0.05, 0) is 36.8 Å². The zero-order chi connectivity index (χ0) is 22.9. The number of sulfonamides is 1. The fraction of sp³-hybridized carbons (Fsp3) is 0.286. The third kappa shape index (κ3) is 4.08. The number of carbonyl (C=O) groups is 3. The van der Waals surface area contributed by atoms with Gasteiger partial charge in [-0.1, -0.05) is 23.8 Å². The highest BCUT2D eigenvalue weighted by Gasteiger charge is 2.49. The van der Waals surface area contributed by atoms with Crippen molar-refractivity contribution in [1.29, 1.82) is 0 Å². The van der Waals surface area contributed by atoms with Crippen molar-refractivity contribution in [3.63, 3.8) is 0 Å². The number of hydrogen-bond donors (Lipinski definition) is 0. The molecule has 0 radical (unpaired) electrons. The number of nitrogens with zero attached hydrogens (tertiary/aromatic N) is 1. The zero-order valence-corrected chi connectivity index (χ0v) is 17.8. The van der Waals surface area contributed by atoms with Gasteiger partial charge in [0, 0.05) is 5.56 Å². The number of ketones is 1. The third-order valence-electron chi connectivity index (χ3n) is 5.10. The molecule has 2 aromatic rings. The molecule has 0 spiro atoms. The molecule has 0 aromatic heterocycles. The van der Waals surface area contributed by atoms with Gasteiger partial charge in [-0.25, -0.2) is 12.8 Å². The van der Waals surface area contributed by atoms with E-state index in [4.69, 9.17) is 9.47 Å². The highest BCUT2D eigenvalue weighted by atomic mass is 32.2. The molecular weight excluding hydrogens is 429 g/mol. The Morgan fingerprint density at radius 1 is 1.06 bits per heavy atom. The molecule has 1 unspecified atom stereocenters. The summed E-state index contributed by atoms with van der Waals surface area (Å²) in [6.45, 7) is 1.08. The number of fused-ring (bicyclic) bond motifs is 1. The summed E-state index contributed by atoms with van der Waals surface area (Å²) in [4.78, 5) is 37.6. The van der Waals surface area contributed by atoms with Crippen LogP contribution in [0, 0.1) is 18.7 Å². The van der Waals surface area contributed by atoms with Crippen LogP contribution in [0.15, 0.2) is 47.4 Å². The van der Waals surface area contributed by atoms with Crippen LogP contribution in [-0.4, -0.2) is 51.2 Å². The largest absolute Gasteiger partial charge is 0.468 e. The molecule has 31 heavy (non-hydrogen) atoms. The van der Waals surface area contributed by atoms with E-state index in [0.717, 1.165) is 36.2 Å². The van der Waals surface area contributed by atoms with Crippen molar-refractivity contribution < 1.29 is 36.7 Å². The number of benzene rings is 2. The quantitative estimate of drug-likeness (QED) is 0.508. The Labute approximate surface area is 178 Å². The van der Waals surface area contributed by atoms with Gasteiger partial charge in [0.2, 0.25) is 10.0 Å². The van der Waals surface area contributed by atoms with E-state index in [2.05, 4.69) is 0 Å². The monoisotopic (exact) mass is 449 g/mol. The Bertz CT molecular complexity index is 1130. The lowest BCUT2D eigenvalue weighted by Gasteiger charge is -2.37. The van der Waals surface area contributed by atoms with Gasteiger partial charge in [-0.15, -0.1) is 0 Å². The summed E-state index contributed by atoms with van der Waals surface area (Å²) in [6.07, 6.45) is 0. The fourth-order valence-corrected chi connectivity index (χ4v) is 5.11. The lowest BCUT2D eigenvalue weighted by molar-refractivity contribution is -0.161. The van der Waals surface area contributed by atoms with E-state index in [1.165, 1.54) is 18.2 Å². The van der Waals surface area contributed by atoms with Gasteiger partial charge < -0.3 is 9.47 Å². The molecule has 2 aromatic carbocycles. The van der Waals surface area contributed by atoms with Gasteiger partial charge in [0.1, 0.15) is 5.82 Å². The van der Waals surface area contributed by atoms with Gasteiger partial charge in [-0.2, -0.15) is 4.31 Å². The summed E-state index contributed by atoms with van der Waals surface area (Å²) in [7, 11) is -2.26. The second-order valence-corrected chi connectivity index (χ2v) is 8.88. The number of Topliss-reactive ketones (excluding diaryl/α,β-unsaturated/α-hetero) is 1. The van der Waals surface area contributed by atoms with Gasteiger partial charge in [-0.3, -0.25) is 14.4 Å². The Morgan fingerprint density at radius 2 is 1.65 bits per heavy atom. The normalized spacial score (nSPS) is 16.7. The van der Waals surface area contributed by atoms with Crippen LogP contribution in [0.3, 0.4) is 0 Å². The van der Waals surface area contributed by atoms with Crippen LogP contribution in [0.4, 0.5) is 4.39 Å². The summed E-state index contributed by atoms with van der Waals surface area (Å²) in [6, 6.07) is 7.56. The Morgan fingerprint density at radius 3 is 2.19 bits per heavy atom. The highest BCUT2D eigenvalue weighted by molar-refractivity contribution is 7.89. The first-order valence-electron chi connectivity index (χ1n) is 9.18. The summed E-state index contributed by atoms with van der Waals surface area (Å²) >= 11 is 0. The number of rotatable bonds is 5. The minimum absolute atomic E-state index is 0.00846. The molecule has 0 saturated carbocycles. The maximum atomic E-state index is 13.8. The Balaban J connectivity index is 2.26. The molecule has 0 aliphatic carbocycles. The van der Waals surface area contributed by atoms with Crippen LogP contribution in [0.1, 0.15) is 27.5 Å². The predicted molar refractivity (Wildman–Crippen MR) is 106 cm³/mol. The standard InChI is InChI=1S/C21H20FNO7S/c1-12-4-7-14(8-5-12)31(27,28)23-11-17(24)16-10-13(22)6-9-15(16)19(23)18(20(25)29-2)21(26)30-3/h4-10,18-19H,11H2,1-3H3. The maximum Gasteiger partial charge on any atom is 0.322 e. The van der Waals surface area contributed by atoms with Crippen molar-refractivity contribution >= 4 is 27.7 Å². The molecule has 164 valence electrons. The number of carbonyl (C=O) groups excluding carboxylic acids is 3. The summed E-state index contributed by atoms with van der Waals surface area (Å²) in [5, 5.41) is 0. The van der Waals surface area contributed by atoms with Gasteiger partial charge in [0.05, 0.1) is 31.7 Å². The van der Waals surface area contributed by atoms with Gasteiger partial charge in [0.25, 0.3) is 0 Å². The molecule has 8 nitrogen and oxygen atoms in total. The molecule has 1 heterocycles. The lowest BCUT2D eigenvalue weighted by atomic mass is 9.85.